The van der Waals surface area contributed by atoms with Crippen LogP contribution in [0.4, 0.5) is 5.82 Å². The molecule has 4 heteroatoms. The van der Waals surface area contributed by atoms with Gasteiger partial charge >= 0.3 is 5.97 Å². The number of pyridine rings is 1. The van der Waals surface area contributed by atoms with Crippen LogP contribution in [0.1, 0.15) is 38.7 Å². The van der Waals surface area contributed by atoms with Crippen LogP contribution in [0, 0.1) is 0 Å². The van der Waals surface area contributed by atoms with Crippen LogP contribution >= 0.6 is 0 Å². The van der Waals surface area contributed by atoms with E-state index >= 15 is 0 Å². The molecular formula is C24H28N2O2. The average Bonchev–Trinajstić information content (AvgIpc) is 2.70. The highest BCUT2D eigenvalue weighted by Gasteiger charge is 2.17. The summed E-state index contributed by atoms with van der Waals surface area (Å²) in [7, 11) is 1.91. The summed E-state index contributed by atoms with van der Waals surface area (Å²) in [6.45, 7) is 4.12. The second-order valence-corrected chi connectivity index (χ2v) is 7.41. The number of nitrogens with zero attached hydrogens (tertiary/aromatic N) is 2. The molecule has 0 amide bonds. The molecule has 0 aliphatic carbocycles. The maximum atomic E-state index is 11.1. The minimum absolute atomic E-state index is 0.0762. The third-order valence-electron chi connectivity index (χ3n) is 5.26. The molecule has 1 N–H and O–H groups in total. The number of carboxylic acid groups (broad SMARTS) is 1. The number of unbranched alkanes of at least 4 members (excludes halogenated alkanes) is 1. The monoisotopic (exact) mass is 376 g/mol. The molecule has 3 rings (SSSR count). The quantitative estimate of drug-likeness (QED) is 0.560. The summed E-state index contributed by atoms with van der Waals surface area (Å²) in [6.07, 6.45) is 3.49. The van der Waals surface area contributed by atoms with Crippen molar-refractivity contribution in [3.05, 3.63) is 60.2 Å². The van der Waals surface area contributed by atoms with Gasteiger partial charge in [-0.2, -0.15) is 0 Å². The van der Waals surface area contributed by atoms with Crippen LogP contribution in [0.3, 0.4) is 0 Å². The zero-order chi connectivity index (χ0) is 20.1. The second kappa shape index (κ2) is 8.87. The topological polar surface area (TPSA) is 53.4 Å². The van der Waals surface area contributed by atoms with E-state index in [0.29, 0.717) is 0 Å². The van der Waals surface area contributed by atoms with Crippen molar-refractivity contribution in [3.63, 3.8) is 0 Å². The third-order valence-corrected chi connectivity index (χ3v) is 5.26. The summed E-state index contributed by atoms with van der Waals surface area (Å²) in [4.78, 5) is 17.9. The minimum atomic E-state index is -0.802. The molecule has 146 valence electrons. The van der Waals surface area contributed by atoms with Gasteiger partial charge in [0.1, 0.15) is 5.82 Å². The van der Waals surface area contributed by atoms with E-state index in [-0.39, 0.29) is 12.5 Å². The molecule has 0 radical (unpaired) electrons. The number of aromatic nitrogens is 1. The zero-order valence-electron chi connectivity index (χ0n) is 16.9. The van der Waals surface area contributed by atoms with Crippen LogP contribution in [0.15, 0.2) is 54.6 Å². The van der Waals surface area contributed by atoms with E-state index in [1.807, 2.05) is 37.1 Å². The largest absolute Gasteiger partial charge is 0.481 e. The van der Waals surface area contributed by atoms with Crippen molar-refractivity contribution in [1.82, 2.24) is 4.98 Å². The maximum Gasteiger partial charge on any atom is 0.305 e. The minimum Gasteiger partial charge on any atom is -0.481 e. The number of aliphatic carboxylic acids is 1. The average molecular weight is 377 g/mol. The van der Waals surface area contributed by atoms with E-state index in [9.17, 15) is 4.79 Å². The number of benzene rings is 2. The van der Waals surface area contributed by atoms with Gasteiger partial charge in [0.05, 0.1) is 11.9 Å². The Morgan fingerprint density at radius 2 is 1.89 bits per heavy atom. The highest BCUT2D eigenvalue weighted by Crippen LogP contribution is 2.32. The molecule has 3 aromatic rings. The second-order valence-electron chi connectivity index (χ2n) is 7.41. The van der Waals surface area contributed by atoms with Gasteiger partial charge in [0.15, 0.2) is 0 Å². The first-order valence-corrected chi connectivity index (χ1v) is 9.93. The predicted octanol–water partition coefficient (Wildman–Crippen LogP) is 5.54. The first-order chi connectivity index (χ1) is 13.5. The fourth-order valence-corrected chi connectivity index (χ4v) is 3.45. The maximum absolute atomic E-state index is 11.1. The van der Waals surface area contributed by atoms with Crippen LogP contribution in [0.25, 0.3) is 22.0 Å². The smallest absolute Gasteiger partial charge is 0.305 e. The predicted molar refractivity (Wildman–Crippen MR) is 116 cm³/mol. The lowest BCUT2D eigenvalue weighted by atomic mass is 9.98. The molecule has 4 nitrogen and oxygen atoms in total. The van der Waals surface area contributed by atoms with Crippen molar-refractivity contribution in [1.29, 1.82) is 0 Å². The van der Waals surface area contributed by atoms with Gasteiger partial charge in [0.25, 0.3) is 0 Å². The standard InChI is InChI=1S/C24H28N2O2/c1-4-5-9-18-12-13-22-21(15-18)20(19-10-7-6-8-11-19)16-23(25-22)26(3)17(2)14-24(27)28/h6-8,10-13,15-17H,4-5,9,14H2,1-3H3,(H,27,28). The molecule has 0 bridgehead atoms. The molecule has 0 aliphatic rings. The van der Waals surface area contributed by atoms with E-state index in [0.717, 1.165) is 34.3 Å². The first-order valence-electron chi connectivity index (χ1n) is 9.93. The summed E-state index contributed by atoms with van der Waals surface area (Å²) in [5.74, 6) is -0.00889. The van der Waals surface area contributed by atoms with Gasteiger partial charge in [-0.3, -0.25) is 4.79 Å². The summed E-state index contributed by atoms with van der Waals surface area (Å²) in [5, 5.41) is 10.3. The molecule has 0 saturated carbocycles. The number of aryl methyl sites for hydroxylation is 1. The molecule has 1 atom stereocenters. The summed E-state index contributed by atoms with van der Waals surface area (Å²) < 4.78 is 0. The first kappa shape index (κ1) is 19.9. The lowest BCUT2D eigenvalue weighted by molar-refractivity contribution is -0.137. The molecule has 1 aromatic heterocycles. The van der Waals surface area contributed by atoms with Crippen LogP contribution in [0.2, 0.25) is 0 Å². The van der Waals surface area contributed by atoms with Crippen LogP contribution in [-0.4, -0.2) is 29.1 Å². The Morgan fingerprint density at radius 3 is 2.57 bits per heavy atom. The molecule has 0 saturated heterocycles. The molecule has 28 heavy (non-hydrogen) atoms. The lowest BCUT2D eigenvalue weighted by Crippen LogP contribution is -2.31. The van der Waals surface area contributed by atoms with Gasteiger partial charge in [0, 0.05) is 18.5 Å². The molecule has 2 aromatic carbocycles. The van der Waals surface area contributed by atoms with E-state index < -0.39 is 5.97 Å². The molecule has 1 unspecified atom stereocenters. The van der Waals surface area contributed by atoms with Gasteiger partial charge in [-0.15, -0.1) is 0 Å². The zero-order valence-corrected chi connectivity index (χ0v) is 16.9. The summed E-state index contributed by atoms with van der Waals surface area (Å²) in [6, 6.07) is 18.8. The molecule has 0 aliphatic heterocycles. The van der Waals surface area contributed by atoms with E-state index in [4.69, 9.17) is 10.1 Å². The van der Waals surface area contributed by atoms with Crippen molar-refractivity contribution in [3.8, 4) is 11.1 Å². The van der Waals surface area contributed by atoms with E-state index in [1.54, 1.807) is 0 Å². The molecule has 1 heterocycles. The number of carbonyl (C=O) groups is 1. The van der Waals surface area contributed by atoms with Gasteiger partial charge in [-0.25, -0.2) is 4.98 Å². The highest BCUT2D eigenvalue weighted by molar-refractivity contribution is 5.96. The Kier molecular flexibility index (Phi) is 6.30. The molecule has 0 fully saturated rings. The fourth-order valence-electron chi connectivity index (χ4n) is 3.45. The molecule has 0 spiro atoms. The van der Waals surface area contributed by atoms with Crippen LogP contribution < -0.4 is 4.90 Å². The van der Waals surface area contributed by atoms with Crippen LogP contribution in [0.5, 0.6) is 0 Å². The Hall–Kier alpha value is -2.88. The van der Waals surface area contributed by atoms with E-state index in [1.165, 1.54) is 18.4 Å². The van der Waals surface area contributed by atoms with Gasteiger partial charge in [0.2, 0.25) is 0 Å². The lowest BCUT2D eigenvalue weighted by Gasteiger charge is -2.26. The van der Waals surface area contributed by atoms with Gasteiger partial charge < -0.3 is 10.0 Å². The number of rotatable bonds is 8. The number of hydrogen-bond acceptors (Lipinski definition) is 3. The Bertz CT molecular complexity index is 953. The Balaban J connectivity index is 2.11. The third kappa shape index (κ3) is 4.50. The number of anilines is 1. The normalized spacial score (nSPS) is 12.1. The van der Waals surface area contributed by atoms with Crippen molar-refractivity contribution >= 4 is 22.7 Å². The highest BCUT2D eigenvalue weighted by atomic mass is 16.4. The van der Waals surface area contributed by atoms with Crippen molar-refractivity contribution in [2.45, 2.75) is 45.6 Å². The van der Waals surface area contributed by atoms with E-state index in [2.05, 4.69) is 43.3 Å². The van der Waals surface area contributed by atoms with Crippen molar-refractivity contribution in [2.24, 2.45) is 0 Å². The Labute approximate surface area is 166 Å². The van der Waals surface area contributed by atoms with Crippen molar-refractivity contribution < 1.29 is 9.90 Å². The number of fused-ring (bicyclic) bond motifs is 1. The molecular weight excluding hydrogens is 348 g/mol. The van der Waals surface area contributed by atoms with Gasteiger partial charge in [-0.05, 0) is 54.7 Å². The van der Waals surface area contributed by atoms with Crippen LogP contribution in [-0.2, 0) is 11.2 Å². The van der Waals surface area contributed by atoms with Gasteiger partial charge in [-0.1, -0.05) is 49.7 Å². The summed E-state index contributed by atoms with van der Waals surface area (Å²) >= 11 is 0. The number of hydrogen-bond donors (Lipinski definition) is 1. The Morgan fingerprint density at radius 1 is 1.14 bits per heavy atom. The van der Waals surface area contributed by atoms with Crippen molar-refractivity contribution in [2.75, 3.05) is 11.9 Å². The number of carboxylic acids is 1. The SMILES string of the molecule is CCCCc1ccc2nc(N(C)C(C)CC(=O)O)cc(-c3ccccc3)c2c1. The fraction of sp³-hybridized carbons (Fsp3) is 0.333. The summed E-state index contributed by atoms with van der Waals surface area (Å²) in [5.41, 5.74) is 4.54.